The Bertz CT molecular complexity index is 700. The number of hydrogen-bond acceptors (Lipinski definition) is 1. The summed E-state index contributed by atoms with van der Waals surface area (Å²) in [4.78, 5) is 0. The molecule has 0 spiro atoms. The van der Waals surface area contributed by atoms with Crippen LogP contribution in [0.4, 0.5) is 0 Å². The van der Waals surface area contributed by atoms with Gasteiger partial charge in [-0.15, -0.1) is 0 Å². The molecule has 0 aromatic heterocycles. The van der Waals surface area contributed by atoms with Gasteiger partial charge in [0.15, 0.2) is 0 Å². The average Bonchev–Trinajstić information content (AvgIpc) is 2.46. The van der Waals surface area contributed by atoms with E-state index < -0.39 is 0 Å². The Morgan fingerprint density at radius 3 is 2.84 bits per heavy atom. The third-order valence-electron chi connectivity index (χ3n) is 3.38. The van der Waals surface area contributed by atoms with Crippen LogP contribution < -0.4 is 4.74 Å². The first-order valence-electron chi connectivity index (χ1n) is 6.84. The number of benzene rings is 3. The van der Waals surface area contributed by atoms with E-state index in [4.69, 9.17) is 4.74 Å². The fraction of sp³-hybridized carbons (Fsp3) is 0.222. The molecule has 95 valence electrons. The Hall–Kier alpha value is -2.02. The maximum absolute atomic E-state index is 5.90. The zero-order valence-corrected chi connectivity index (χ0v) is 11.1. The van der Waals surface area contributed by atoms with Crippen molar-refractivity contribution in [3.8, 4) is 5.75 Å². The number of ether oxygens (including phenoxy) is 1. The fourth-order valence-corrected chi connectivity index (χ4v) is 2.32. The SMILES string of the molecule is CCCCOc1cccc2cc3[c]cccc3cc12. The van der Waals surface area contributed by atoms with Gasteiger partial charge in [-0.2, -0.15) is 0 Å². The van der Waals surface area contributed by atoms with Crippen LogP contribution in [-0.2, 0) is 0 Å². The topological polar surface area (TPSA) is 9.23 Å². The molecule has 0 amide bonds. The van der Waals surface area contributed by atoms with Gasteiger partial charge in [-0.05, 0) is 46.8 Å². The fourth-order valence-electron chi connectivity index (χ4n) is 2.32. The second-order valence-electron chi connectivity index (χ2n) is 4.79. The Morgan fingerprint density at radius 1 is 1.05 bits per heavy atom. The van der Waals surface area contributed by atoms with Crippen LogP contribution in [0.25, 0.3) is 21.5 Å². The molecule has 0 saturated carbocycles. The van der Waals surface area contributed by atoms with Gasteiger partial charge >= 0.3 is 0 Å². The minimum Gasteiger partial charge on any atom is -0.493 e. The normalized spacial score (nSPS) is 11.0. The van der Waals surface area contributed by atoms with Crippen molar-refractivity contribution in [1.82, 2.24) is 0 Å². The van der Waals surface area contributed by atoms with Crippen molar-refractivity contribution in [2.45, 2.75) is 19.8 Å². The van der Waals surface area contributed by atoms with Crippen molar-refractivity contribution in [3.63, 3.8) is 0 Å². The molecule has 19 heavy (non-hydrogen) atoms. The first-order valence-corrected chi connectivity index (χ1v) is 6.84. The molecule has 0 fully saturated rings. The summed E-state index contributed by atoms with van der Waals surface area (Å²) in [6.45, 7) is 2.96. The summed E-state index contributed by atoms with van der Waals surface area (Å²) < 4.78 is 5.90. The third-order valence-corrected chi connectivity index (χ3v) is 3.38. The van der Waals surface area contributed by atoms with Gasteiger partial charge < -0.3 is 4.74 Å². The predicted molar refractivity (Wildman–Crippen MR) is 80.7 cm³/mol. The van der Waals surface area contributed by atoms with Gasteiger partial charge in [0.05, 0.1) is 6.61 Å². The maximum atomic E-state index is 5.90. The minimum absolute atomic E-state index is 0.786. The predicted octanol–water partition coefficient (Wildman–Crippen LogP) is 4.97. The molecule has 0 aliphatic carbocycles. The van der Waals surface area contributed by atoms with Gasteiger partial charge in [0.1, 0.15) is 5.75 Å². The van der Waals surface area contributed by atoms with Gasteiger partial charge in [0, 0.05) is 5.39 Å². The van der Waals surface area contributed by atoms with Crippen molar-refractivity contribution in [3.05, 3.63) is 54.6 Å². The second kappa shape index (κ2) is 5.31. The minimum atomic E-state index is 0.786. The Morgan fingerprint density at radius 2 is 1.95 bits per heavy atom. The zero-order valence-electron chi connectivity index (χ0n) is 11.1. The number of hydrogen-bond donors (Lipinski definition) is 0. The summed E-state index contributed by atoms with van der Waals surface area (Å²) in [6, 6.07) is 20.0. The van der Waals surface area contributed by atoms with Gasteiger partial charge in [0.25, 0.3) is 0 Å². The second-order valence-corrected chi connectivity index (χ2v) is 4.79. The summed E-state index contributed by atoms with van der Waals surface area (Å²) >= 11 is 0. The quantitative estimate of drug-likeness (QED) is 0.468. The van der Waals surface area contributed by atoms with Crippen LogP contribution in [0.15, 0.2) is 48.5 Å². The molecular weight excluding hydrogens is 232 g/mol. The average molecular weight is 249 g/mol. The number of fused-ring (bicyclic) bond motifs is 2. The lowest BCUT2D eigenvalue weighted by Crippen LogP contribution is -1.96. The van der Waals surface area contributed by atoms with Gasteiger partial charge in [-0.3, -0.25) is 0 Å². The molecule has 1 nitrogen and oxygen atoms in total. The van der Waals surface area contributed by atoms with Crippen LogP contribution in [0.1, 0.15) is 19.8 Å². The smallest absolute Gasteiger partial charge is 0.127 e. The van der Waals surface area contributed by atoms with E-state index in [1.165, 1.54) is 16.2 Å². The molecular formula is C18H17O. The van der Waals surface area contributed by atoms with Crippen LogP contribution >= 0.6 is 0 Å². The van der Waals surface area contributed by atoms with E-state index in [1.807, 2.05) is 12.1 Å². The van der Waals surface area contributed by atoms with E-state index in [-0.39, 0.29) is 0 Å². The monoisotopic (exact) mass is 249 g/mol. The first kappa shape index (κ1) is 12.0. The Labute approximate surface area is 113 Å². The molecule has 0 unspecified atom stereocenters. The molecule has 3 aromatic rings. The summed E-state index contributed by atoms with van der Waals surface area (Å²) in [5, 5.41) is 4.76. The largest absolute Gasteiger partial charge is 0.493 e. The van der Waals surface area contributed by atoms with Crippen LogP contribution in [0.2, 0.25) is 0 Å². The highest BCUT2D eigenvalue weighted by atomic mass is 16.5. The molecule has 0 bridgehead atoms. The molecule has 0 aliphatic rings. The molecule has 1 radical (unpaired) electrons. The summed E-state index contributed by atoms with van der Waals surface area (Å²) in [7, 11) is 0. The standard InChI is InChI=1S/C18H17O/c1-2-3-11-19-18-10-6-9-16-12-14-7-4-5-8-15(14)13-17(16)18/h4-6,8-10,12-13H,2-3,11H2,1H3. The highest BCUT2D eigenvalue weighted by Crippen LogP contribution is 2.29. The van der Waals surface area contributed by atoms with E-state index in [9.17, 15) is 0 Å². The molecule has 3 aromatic carbocycles. The summed E-state index contributed by atoms with van der Waals surface area (Å²) in [5.74, 6) is 0.983. The van der Waals surface area contributed by atoms with E-state index in [0.29, 0.717) is 0 Å². The lowest BCUT2D eigenvalue weighted by Gasteiger charge is -2.10. The highest BCUT2D eigenvalue weighted by molar-refractivity contribution is 6.00. The molecule has 0 N–H and O–H groups in total. The van der Waals surface area contributed by atoms with Crippen LogP contribution in [0.5, 0.6) is 5.75 Å². The van der Waals surface area contributed by atoms with Gasteiger partial charge in [-0.25, -0.2) is 0 Å². The lowest BCUT2D eigenvalue weighted by atomic mass is 10.0. The van der Waals surface area contributed by atoms with E-state index in [2.05, 4.69) is 49.4 Å². The molecule has 3 rings (SSSR count). The number of unbranched alkanes of at least 4 members (excludes halogenated alkanes) is 1. The molecule has 1 heteroatoms. The molecule has 0 saturated heterocycles. The summed E-state index contributed by atoms with van der Waals surface area (Å²) in [6.07, 6.45) is 2.25. The van der Waals surface area contributed by atoms with E-state index >= 15 is 0 Å². The van der Waals surface area contributed by atoms with Crippen LogP contribution in [-0.4, -0.2) is 6.61 Å². The highest BCUT2D eigenvalue weighted by Gasteiger charge is 2.03. The van der Waals surface area contributed by atoms with Crippen molar-refractivity contribution < 1.29 is 4.74 Å². The third kappa shape index (κ3) is 2.41. The van der Waals surface area contributed by atoms with E-state index in [0.717, 1.165) is 30.6 Å². The molecule has 0 atom stereocenters. The van der Waals surface area contributed by atoms with E-state index in [1.54, 1.807) is 0 Å². The number of rotatable bonds is 4. The lowest BCUT2D eigenvalue weighted by molar-refractivity contribution is 0.313. The zero-order chi connectivity index (χ0) is 13.1. The molecule has 0 heterocycles. The van der Waals surface area contributed by atoms with Crippen molar-refractivity contribution >= 4 is 21.5 Å². The van der Waals surface area contributed by atoms with Gasteiger partial charge in [-0.1, -0.05) is 43.7 Å². The Balaban J connectivity index is 2.09. The first-order chi connectivity index (χ1) is 9.38. The Kier molecular flexibility index (Phi) is 3.37. The van der Waals surface area contributed by atoms with Crippen LogP contribution in [0, 0.1) is 6.07 Å². The van der Waals surface area contributed by atoms with Gasteiger partial charge in [0.2, 0.25) is 0 Å². The molecule has 0 aliphatic heterocycles. The summed E-state index contributed by atoms with van der Waals surface area (Å²) in [5.41, 5.74) is 0. The van der Waals surface area contributed by atoms with Crippen molar-refractivity contribution in [2.24, 2.45) is 0 Å². The van der Waals surface area contributed by atoms with Crippen molar-refractivity contribution in [1.29, 1.82) is 0 Å². The van der Waals surface area contributed by atoms with Crippen molar-refractivity contribution in [2.75, 3.05) is 6.61 Å². The maximum Gasteiger partial charge on any atom is 0.127 e. The van der Waals surface area contributed by atoms with Crippen LogP contribution in [0.3, 0.4) is 0 Å².